The van der Waals surface area contributed by atoms with Crippen LogP contribution in [-0.2, 0) is 19.3 Å². The first kappa shape index (κ1) is 24.9. The predicted molar refractivity (Wildman–Crippen MR) is 128 cm³/mol. The van der Waals surface area contributed by atoms with Gasteiger partial charge in [-0.3, -0.25) is 14.3 Å². The van der Waals surface area contributed by atoms with E-state index in [1.54, 1.807) is 0 Å². The van der Waals surface area contributed by atoms with Gasteiger partial charge in [-0.05, 0) is 44.5 Å². The molecule has 0 aliphatic carbocycles. The molecule has 0 atom stereocenters. The summed E-state index contributed by atoms with van der Waals surface area (Å²) in [7, 11) is 0. The highest BCUT2D eigenvalue weighted by Gasteiger charge is 2.30. The van der Waals surface area contributed by atoms with Crippen LogP contribution in [-0.4, -0.2) is 25.5 Å². The summed E-state index contributed by atoms with van der Waals surface area (Å²) in [5.74, 6) is -0.727. The second-order valence-corrected chi connectivity index (χ2v) is 8.43. The van der Waals surface area contributed by atoms with Gasteiger partial charge in [0.25, 0.3) is 5.91 Å². The molecule has 0 spiro atoms. The summed E-state index contributed by atoms with van der Waals surface area (Å²) >= 11 is 0. The number of aryl methyl sites for hydroxylation is 2. The van der Waals surface area contributed by atoms with Crippen LogP contribution >= 0.6 is 0 Å². The summed E-state index contributed by atoms with van der Waals surface area (Å²) in [6.07, 6.45) is -4.54. The van der Waals surface area contributed by atoms with Gasteiger partial charge in [-0.2, -0.15) is 23.4 Å². The van der Waals surface area contributed by atoms with E-state index in [0.29, 0.717) is 12.2 Å². The molecule has 4 rings (SSSR count). The number of carbonyl (C=O) groups excluding carboxylic acids is 1. The zero-order chi connectivity index (χ0) is 26.0. The van der Waals surface area contributed by atoms with Crippen LogP contribution in [0.1, 0.15) is 44.3 Å². The minimum atomic E-state index is -4.54. The van der Waals surface area contributed by atoms with Crippen LogP contribution in [0.3, 0.4) is 0 Å². The lowest BCUT2D eigenvalue weighted by molar-refractivity contribution is -0.137. The fourth-order valence-corrected chi connectivity index (χ4v) is 3.93. The van der Waals surface area contributed by atoms with Gasteiger partial charge in [0, 0.05) is 29.6 Å². The third-order valence-corrected chi connectivity index (χ3v) is 5.87. The molecule has 2 aromatic carbocycles. The smallest absolute Gasteiger partial charge is 0.346 e. The molecule has 2 aromatic heterocycles. The number of nitrogens with one attached hydrogen (secondary N) is 1. The molecule has 0 saturated carbocycles. The Morgan fingerprint density at radius 1 is 0.972 bits per heavy atom. The Morgan fingerprint density at radius 2 is 1.69 bits per heavy atom. The molecule has 1 amide bonds. The summed E-state index contributed by atoms with van der Waals surface area (Å²) in [6, 6.07) is 15.5. The fraction of sp³-hybridized carbons (Fsp3) is 0.231. The van der Waals surface area contributed by atoms with Crippen molar-refractivity contribution >= 4 is 5.91 Å². The Morgan fingerprint density at radius 3 is 2.39 bits per heavy atom. The lowest BCUT2D eigenvalue weighted by Gasteiger charge is -2.13. The van der Waals surface area contributed by atoms with E-state index in [2.05, 4.69) is 15.5 Å². The maximum absolute atomic E-state index is 13.2. The van der Waals surface area contributed by atoms with Crippen molar-refractivity contribution in [3.8, 4) is 5.69 Å². The third-order valence-electron chi connectivity index (χ3n) is 5.87. The van der Waals surface area contributed by atoms with Crippen molar-refractivity contribution in [1.82, 2.24) is 24.9 Å². The number of halogens is 3. The molecular formula is C26H24F3N5O2. The molecule has 0 fully saturated rings. The van der Waals surface area contributed by atoms with Crippen molar-refractivity contribution in [2.24, 2.45) is 0 Å². The van der Waals surface area contributed by atoms with Crippen LogP contribution in [0.15, 0.2) is 65.5 Å². The van der Waals surface area contributed by atoms with Gasteiger partial charge in [0.2, 0.25) is 5.43 Å². The van der Waals surface area contributed by atoms with E-state index in [0.717, 1.165) is 39.3 Å². The Labute approximate surface area is 205 Å². The highest BCUT2D eigenvalue weighted by molar-refractivity contribution is 5.92. The van der Waals surface area contributed by atoms with Crippen LogP contribution in [0, 0.1) is 20.8 Å². The predicted octanol–water partition coefficient (Wildman–Crippen LogP) is 4.35. The summed E-state index contributed by atoms with van der Waals surface area (Å²) in [6.45, 7) is 5.95. The summed E-state index contributed by atoms with van der Waals surface area (Å²) in [5, 5.41) is 11.3. The highest BCUT2D eigenvalue weighted by Crippen LogP contribution is 2.30. The van der Waals surface area contributed by atoms with Crippen molar-refractivity contribution in [3.63, 3.8) is 0 Å². The monoisotopic (exact) mass is 495 g/mol. The maximum Gasteiger partial charge on any atom is 0.416 e. The van der Waals surface area contributed by atoms with Gasteiger partial charge in [0.1, 0.15) is 0 Å². The molecule has 186 valence electrons. The number of hydrogen-bond donors (Lipinski definition) is 1. The number of alkyl halides is 3. The summed E-state index contributed by atoms with van der Waals surface area (Å²) in [5.41, 5.74) is 1.99. The van der Waals surface area contributed by atoms with Gasteiger partial charge in [-0.15, -0.1) is 0 Å². The Bertz CT molecular complexity index is 1470. The van der Waals surface area contributed by atoms with Gasteiger partial charge >= 0.3 is 6.18 Å². The fourth-order valence-electron chi connectivity index (χ4n) is 3.93. The molecule has 0 aliphatic heterocycles. The Hall–Kier alpha value is -4.21. The van der Waals surface area contributed by atoms with E-state index in [1.165, 1.54) is 25.1 Å². The molecule has 0 saturated heterocycles. The number of benzene rings is 2. The largest absolute Gasteiger partial charge is 0.416 e. The Balaban J connectivity index is 1.57. The van der Waals surface area contributed by atoms with E-state index >= 15 is 0 Å². The second kappa shape index (κ2) is 9.80. The van der Waals surface area contributed by atoms with Crippen molar-refractivity contribution in [1.29, 1.82) is 0 Å². The van der Waals surface area contributed by atoms with E-state index in [1.807, 2.05) is 48.9 Å². The van der Waals surface area contributed by atoms with Gasteiger partial charge in [-0.25, -0.2) is 4.68 Å². The minimum absolute atomic E-state index is 0.0882. The number of nitrogens with zero attached hydrogens (tertiary/aromatic N) is 4. The maximum atomic E-state index is 13.2. The molecule has 7 nitrogen and oxygen atoms in total. The summed E-state index contributed by atoms with van der Waals surface area (Å²) < 4.78 is 42.5. The van der Waals surface area contributed by atoms with Crippen molar-refractivity contribution in [2.45, 2.75) is 40.0 Å². The topological polar surface area (TPSA) is 81.8 Å². The van der Waals surface area contributed by atoms with Crippen LogP contribution in [0.25, 0.3) is 5.69 Å². The van der Waals surface area contributed by atoms with E-state index < -0.39 is 28.8 Å². The summed E-state index contributed by atoms with van der Waals surface area (Å²) in [4.78, 5) is 25.4. The average Bonchev–Trinajstić information content (AvgIpc) is 3.09. The molecule has 10 heteroatoms. The minimum Gasteiger partial charge on any atom is -0.346 e. The SMILES string of the molecule is Cc1nn(Cc2ccccc2)c(C)c1CNC(=O)c1nn(-c2cccc(C(F)(F)F)c2)c(C)cc1=O. The molecule has 0 bridgehead atoms. The van der Waals surface area contributed by atoms with Crippen LogP contribution in [0.2, 0.25) is 0 Å². The van der Waals surface area contributed by atoms with Crippen LogP contribution in [0.4, 0.5) is 13.2 Å². The van der Waals surface area contributed by atoms with E-state index in [9.17, 15) is 22.8 Å². The standard InChI is InChI=1S/C26H24F3N5O2/c1-16-12-23(35)24(32-34(16)21-11-7-10-20(13-21)26(27,28)29)25(36)30-14-22-17(2)31-33(18(22)3)15-19-8-5-4-6-9-19/h4-13H,14-15H2,1-3H3,(H,30,36). The van der Waals surface area contributed by atoms with Crippen molar-refractivity contribution in [3.05, 3.63) is 110 Å². The number of amides is 1. The normalized spacial score (nSPS) is 11.5. The number of hydrogen-bond acceptors (Lipinski definition) is 4. The second-order valence-electron chi connectivity index (χ2n) is 8.43. The quantitative estimate of drug-likeness (QED) is 0.431. The zero-order valence-corrected chi connectivity index (χ0v) is 19.9. The van der Waals surface area contributed by atoms with Crippen LogP contribution in [0.5, 0.6) is 0 Å². The van der Waals surface area contributed by atoms with Crippen LogP contribution < -0.4 is 10.7 Å². The van der Waals surface area contributed by atoms with Gasteiger partial charge in [-0.1, -0.05) is 36.4 Å². The molecule has 4 aromatic rings. The van der Waals surface area contributed by atoms with Gasteiger partial charge < -0.3 is 5.32 Å². The first-order valence-corrected chi connectivity index (χ1v) is 11.2. The number of carbonyl (C=O) groups is 1. The van der Waals surface area contributed by atoms with Crippen molar-refractivity contribution in [2.75, 3.05) is 0 Å². The van der Waals surface area contributed by atoms with Crippen molar-refractivity contribution < 1.29 is 18.0 Å². The lowest BCUT2D eigenvalue weighted by atomic mass is 10.2. The number of aromatic nitrogens is 4. The molecule has 36 heavy (non-hydrogen) atoms. The zero-order valence-electron chi connectivity index (χ0n) is 19.9. The average molecular weight is 496 g/mol. The molecule has 1 N–H and O–H groups in total. The number of rotatable bonds is 6. The van der Waals surface area contributed by atoms with Gasteiger partial charge in [0.05, 0.1) is 23.5 Å². The van der Waals surface area contributed by atoms with E-state index in [-0.39, 0.29) is 12.2 Å². The lowest BCUT2D eigenvalue weighted by Crippen LogP contribution is -2.32. The molecule has 0 unspecified atom stereocenters. The van der Waals surface area contributed by atoms with E-state index in [4.69, 9.17) is 0 Å². The highest BCUT2D eigenvalue weighted by atomic mass is 19.4. The molecule has 2 heterocycles. The Kier molecular flexibility index (Phi) is 6.78. The molecular weight excluding hydrogens is 471 g/mol. The van der Waals surface area contributed by atoms with Gasteiger partial charge in [0.15, 0.2) is 5.69 Å². The molecule has 0 aliphatic rings. The third kappa shape index (κ3) is 5.22. The molecule has 0 radical (unpaired) electrons. The first-order chi connectivity index (χ1) is 17.0. The first-order valence-electron chi connectivity index (χ1n) is 11.2.